The van der Waals surface area contributed by atoms with Crippen LogP contribution in [0.2, 0.25) is 0 Å². The number of nitrogens with zero attached hydrogens (tertiary/aromatic N) is 2. The molecule has 2 heterocycles. The lowest BCUT2D eigenvalue weighted by atomic mass is 9.69. The number of aliphatic hydroxyl groups excluding tert-OH is 1. The van der Waals surface area contributed by atoms with E-state index in [1.54, 1.807) is 0 Å². The molecular formula is C18H36N2O2. The van der Waals surface area contributed by atoms with Crippen molar-refractivity contribution in [3.8, 4) is 0 Å². The number of hydrogen-bond donors (Lipinski definition) is 1. The first kappa shape index (κ1) is 18.2. The lowest BCUT2D eigenvalue weighted by Crippen LogP contribution is -2.67. The Morgan fingerprint density at radius 3 is 1.91 bits per heavy atom. The summed E-state index contributed by atoms with van der Waals surface area (Å²) in [4.78, 5) is 6.52. The molecule has 4 nitrogen and oxygen atoms in total. The average Bonchev–Trinajstić information content (AvgIpc) is 2.27. The van der Waals surface area contributed by atoms with Crippen molar-refractivity contribution in [2.75, 3.05) is 6.54 Å². The van der Waals surface area contributed by atoms with Gasteiger partial charge in [-0.25, -0.2) is 4.94 Å². The van der Waals surface area contributed by atoms with Crippen molar-refractivity contribution in [1.82, 2.24) is 10.1 Å². The highest BCUT2D eigenvalue weighted by Crippen LogP contribution is 2.46. The Kier molecular flexibility index (Phi) is 4.49. The number of rotatable bonds is 2. The molecule has 0 aromatic heterocycles. The molecule has 0 radical (unpaired) electrons. The minimum absolute atomic E-state index is 0.0204. The molecule has 0 bridgehead atoms. The minimum atomic E-state index is -0.254. The van der Waals surface area contributed by atoms with Crippen molar-refractivity contribution in [2.24, 2.45) is 5.41 Å². The van der Waals surface area contributed by atoms with Gasteiger partial charge >= 0.3 is 0 Å². The van der Waals surface area contributed by atoms with E-state index in [1.807, 2.05) is 0 Å². The number of aliphatic hydroxyl groups is 1. The van der Waals surface area contributed by atoms with E-state index in [9.17, 15) is 5.11 Å². The fraction of sp³-hybridized carbons (Fsp3) is 1.00. The Hall–Kier alpha value is -0.160. The first-order chi connectivity index (χ1) is 9.80. The van der Waals surface area contributed by atoms with E-state index < -0.39 is 0 Å². The Morgan fingerprint density at radius 2 is 1.41 bits per heavy atom. The van der Waals surface area contributed by atoms with Gasteiger partial charge in [-0.2, -0.15) is 10.1 Å². The molecule has 0 aliphatic carbocycles. The van der Waals surface area contributed by atoms with Crippen LogP contribution in [-0.4, -0.2) is 44.5 Å². The average molecular weight is 312 g/mol. The van der Waals surface area contributed by atoms with Crippen LogP contribution in [-0.2, 0) is 4.94 Å². The quantitative estimate of drug-likeness (QED) is 0.842. The summed E-state index contributed by atoms with van der Waals surface area (Å²) in [5, 5.41) is 14.5. The molecule has 22 heavy (non-hydrogen) atoms. The third-order valence-electron chi connectivity index (χ3n) is 6.19. The monoisotopic (exact) mass is 312 g/mol. The second-order valence-corrected chi connectivity index (χ2v) is 9.71. The van der Waals surface area contributed by atoms with Crippen LogP contribution in [0.1, 0.15) is 81.1 Å². The van der Waals surface area contributed by atoms with Gasteiger partial charge in [0.1, 0.15) is 0 Å². The van der Waals surface area contributed by atoms with Gasteiger partial charge in [-0.1, -0.05) is 13.8 Å². The number of hydroxylamine groups is 4. The summed E-state index contributed by atoms with van der Waals surface area (Å²) < 4.78 is 0. The van der Waals surface area contributed by atoms with Crippen LogP contribution >= 0.6 is 0 Å². The summed E-state index contributed by atoms with van der Waals surface area (Å²) >= 11 is 0. The van der Waals surface area contributed by atoms with Gasteiger partial charge in [-0.15, -0.1) is 0 Å². The zero-order valence-corrected chi connectivity index (χ0v) is 15.9. The van der Waals surface area contributed by atoms with Crippen LogP contribution in [0.15, 0.2) is 0 Å². The molecule has 2 aliphatic rings. The molecular weight excluding hydrogens is 276 g/mol. The zero-order valence-electron chi connectivity index (χ0n) is 15.9. The lowest BCUT2D eigenvalue weighted by Gasteiger charge is -2.58. The van der Waals surface area contributed by atoms with Crippen molar-refractivity contribution < 1.29 is 10.0 Å². The van der Waals surface area contributed by atoms with Gasteiger partial charge in [0, 0.05) is 23.2 Å². The van der Waals surface area contributed by atoms with Crippen molar-refractivity contribution >= 4 is 0 Å². The second-order valence-electron chi connectivity index (χ2n) is 9.71. The molecule has 1 N–H and O–H groups in total. The molecule has 0 aromatic rings. The maximum absolute atomic E-state index is 10.2. The summed E-state index contributed by atoms with van der Waals surface area (Å²) in [6.07, 6.45) is 3.62. The number of piperidine rings is 2. The Morgan fingerprint density at radius 1 is 0.909 bits per heavy atom. The molecule has 0 saturated carbocycles. The van der Waals surface area contributed by atoms with Crippen molar-refractivity contribution in [3.63, 3.8) is 0 Å². The van der Waals surface area contributed by atoms with Crippen LogP contribution in [0.3, 0.4) is 0 Å². The molecule has 2 saturated heterocycles. The summed E-state index contributed by atoms with van der Waals surface area (Å²) in [6.45, 7) is 18.9. The molecule has 0 spiro atoms. The summed E-state index contributed by atoms with van der Waals surface area (Å²) in [5.41, 5.74) is -0.167. The van der Waals surface area contributed by atoms with Gasteiger partial charge in [0.05, 0.1) is 6.10 Å². The van der Waals surface area contributed by atoms with E-state index in [2.05, 4.69) is 65.5 Å². The summed E-state index contributed by atoms with van der Waals surface area (Å²) in [6, 6.07) is 0. The van der Waals surface area contributed by atoms with E-state index in [4.69, 9.17) is 4.94 Å². The maximum Gasteiger partial charge on any atom is 0.0576 e. The van der Waals surface area contributed by atoms with E-state index in [1.165, 1.54) is 6.42 Å². The topological polar surface area (TPSA) is 35.9 Å². The molecule has 2 rings (SSSR count). The smallest absolute Gasteiger partial charge is 0.0576 e. The fourth-order valence-electron chi connectivity index (χ4n) is 4.26. The molecule has 0 unspecified atom stereocenters. The van der Waals surface area contributed by atoms with Crippen molar-refractivity contribution in [2.45, 2.75) is 104 Å². The van der Waals surface area contributed by atoms with Crippen LogP contribution in [0, 0.1) is 5.41 Å². The van der Waals surface area contributed by atoms with Gasteiger partial charge in [0.15, 0.2) is 0 Å². The third kappa shape index (κ3) is 3.08. The number of hydrogen-bond acceptors (Lipinski definition) is 4. The van der Waals surface area contributed by atoms with Crippen molar-refractivity contribution in [3.05, 3.63) is 0 Å². The molecule has 0 atom stereocenters. The third-order valence-corrected chi connectivity index (χ3v) is 6.19. The van der Waals surface area contributed by atoms with Gasteiger partial charge in [0.25, 0.3) is 0 Å². The van der Waals surface area contributed by atoms with Crippen LogP contribution in [0.4, 0.5) is 0 Å². The van der Waals surface area contributed by atoms with E-state index in [0.29, 0.717) is 0 Å². The zero-order chi connectivity index (χ0) is 17.0. The SMILES string of the molecule is CC1(C)CC(O)CC(C)(C)N1ON1CCCC(C)(C)C1(C)C. The van der Waals surface area contributed by atoms with Gasteiger partial charge in [-0.3, -0.25) is 0 Å². The van der Waals surface area contributed by atoms with Gasteiger partial charge < -0.3 is 5.11 Å². The van der Waals surface area contributed by atoms with Gasteiger partial charge in [0.2, 0.25) is 0 Å². The predicted octanol–water partition coefficient (Wildman–Crippen LogP) is 3.75. The van der Waals surface area contributed by atoms with Crippen molar-refractivity contribution in [1.29, 1.82) is 0 Å². The first-order valence-corrected chi connectivity index (χ1v) is 8.74. The van der Waals surface area contributed by atoms with E-state index >= 15 is 0 Å². The fourth-order valence-corrected chi connectivity index (χ4v) is 4.26. The van der Waals surface area contributed by atoms with E-state index in [-0.39, 0.29) is 28.1 Å². The predicted molar refractivity (Wildman–Crippen MR) is 90.1 cm³/mol. The maximum atomic E-state index is 10.2. The molecule has 130 valence electrons. The molecule has 2 fully saturated rings. The van der Waals surface area contributed by atoms with Crippen LogP contribution in [0.25, 0.3) is 0 Å². The molecule has 2 aliphatic heterocycles. The molecule has 0 amide bonds. The minimum Gasteiger partial charge on any atom is -0.393 e. The highest BCUT2D eigenvalue weighted by atomic mass is 16.8. The first-order valence-electron chi connectivity index (χ1n) is 8.74. The Bertz CT molecular complexity index is 397. The lowest BCUT2D eigenvalue weighted by molar-refractivity contribution is -0.431. The van der Waals surface area contributed by atoms with Gasteiger partial charge in [-0.05, 0) is 72.6 Å². The standard InChI is InChI=1S/C18H36N2O2/c1-15(2)10-9-11-19(18(15,7)8)22-20-16(3,4)12-14(21)13-17(20,5)6/h14,21H,9-13H2,1-8H3. The summed E-state index contributed by atoms with van der Waals surface area (Å²) in [7, 11) is 0. The largest absolute Gasteiger partial charge is 0.393 e. The van der Waals surface area contributed by atoms with Crippen LogP contribution in [0.5, 0.6) is 0 Å². The molecule has 4 heteroatoms. The second kappa shape index (κ2) is 5.44. The Balaban J connectivity index is 2.24. The molecule has 0 aromatic carbocycles. The van der Waals surface area contributed by atoms with Crippen LogP contribution < -0.4 is 0 Å². The van der Waals surface area contributed by atoms with E-state index in [0.717, 1.165) is 25.8 Å². The Labute approximate surface area is 136 Å². The highest BCUT2D eigenvalue weighted by Gasteiger charge is 2.51. The summed E-state index contributed by atoms with van der Waals surface area (Å²) in [5.74, 6) is 0. The highest BCUT2D eigenvalue weighted by molar-refractivity contribution is 4.99. The normalized spacial score (nSPS) is 32.0.